The third kappa shape index (κ3) is 2.80. The molecule has 1 aromatic carbocycles. The van der Waals surface area contributed by atoms with E-state index >= 15 is 0 Å². The summed E-state index contributed by atoms with van der Waals surface area (Å²) in [7, 11) is 2.22. The minimum atomic E-state index is 0.409. The highest BCUT2D eigenvalue weighted by atomic mass is 32.2. The van der Waals surface area contributed by atoms with Gasteiger partial charge >= 0.3 is 0 Å². The molecule has 2 unspecified atom stereocenters. The van der Waals surface area contributed by atoms with E-state index in [9.17, 15) is 0 Å². The van der Waals surface area contributed by atoms with Gasteiger partial charge in [-0.05, 0) is 56.6 Å². The van der Waals surface area contributed by atoms with Crippen molar-refractivity contribution in [1.82, 2.24) is 10.6 Å². The highest BCUT2D eigenvalue weighted by Crippen LogP contribution is 2.44. The lowest BCUT2D eigenvalue weighted by atomic mass is 9.92. The quantitative estimate of drug-likeness (QED) is 0.846. The maximum Gasteiger partial charge on any atom is 0.134 e. The molecule has 1 saturated heterocycles. The number of hydrogen-bond acceptors (Lipinski definition) is 5. The Hall–Kier alpha value is -1.33. The molecule has 5 heteroatoms. The van der Waals surface area contributed by atoms with E-state index in [-0.39, 0.29) is 0 Å². The van der Waals surface area contributed by atoms with Crippen LogP contribution >= 0.6 is 11.8 Å². The largest absolute Gasteiger partial charge is 0.489 e. The van der Waals surface area contributed by atoms with Gasteiger partial charge in [-0.1, -0.05) is 0 Å². The van der Waals surface area contributed by atoms with Crippen LogP contribution in [0.25, 0.3) is 5.70 Å². The lowest BCUT2D eigenvalue weighted by Crippen LogP contribution is -2.50. The molecule has 5 rings (SSSR count). The molecule has 2 atom stereocenters. The van der Waals surface area contributed by atoms with E-state index < -0.39 is 0 Å². The second-order valence-corrected chi connectivity index (χ2v) is 9.28. The average molecular weight is 372 g/mol. The second kappa shape index (κ2) is 6.68. The van der Waals surface area contributed by atoms with E-state index in [1.807, 2.05) is 11.8 Å². The molecule has 3 heterocycles. The van der Waals surface area contributed by atoms with Gasteiger partial charge < -0.3 is 20.3 Å². The Morgan fingerprint density at radius 2 is 2.04 bits per heavy atom. The molecule has 2 N–H and O–H groups in total. The Labute approximate surface area is 160 Å². The van der Waals surface area contributed by atoms with Gasteiger partial charge in [0, 0.05) is 48.9 Å². The Balaban J connectivity index is 1.48. The van der Waals surface area contributed by atoms with Crippen molar-refractivity contribution >= 4 is 23.1 Å². The van der Waals surface area contributed by atoms with E-state index in [0.29, 0.717) is 17.5 Å². The van der Waals surface area contributed by atoms with Crippen molar-refractivity contribution in [2.75, 3.05) is 25.0 Å². The summed E-state index contributed by atoms with van der Waals surface area (Å²) in [5.41, 5.74) is 5.29. The summed E-state index contributed by atoms with van der Waals surface area (Å²) in [5, 5.41) is 9.98. The molecule has 0 radical (unpaired) electrons. The smallest absolute Gasteiger partial charge is 0.134 e. The fraction of sp³-hybridized carbons (Fsp3) is 0.619. The van der Waals surface area contributed by atoms with Gasteiger partial charge in [-0.25, -0.2) is 0 Å². The molecule has 1 saturated carbocycles. The van der Waals surface area contributed by atoms with Crippen LogP contribution < -0.4 is 20.3 Å². The highest BCUT2D eigenvalue weighted by Gasteiger charge is 2.33. The minimum Gasteiger partial charge on any atom is -0.489 e. The van der Waals surface area contributed by atoms with Crippen molar-refractivity contribution in [3.8, 4) is 5.75 Å². The van der Waals surface area contributed by atoms with Gasteiger partial charge in [0.15, 0.2) is 0 Å². The van der Waals surface area contributed by atoms with E-state index in [1.54, 1.807) is 0 Å². The lowest BCUT2D eigenvalue weighted by molar-refractivity contribution is 0.118. The molecule has 26 heavy (non-hydrogen) atoms. The monoisotopic (exact) mass is 371 g/mol. The fourth-order valence-corrected chi connectivity index (χ4v) is 5.32. The lowest BCUT2D eigenvalue weighted by Gasteiger charge is -2.37. The molecule has 140 valence electrons. The number of anilines is 1. The first kappa shape index (κ1) is 16.8. The normalized spacial score (nSPS) is 28.7. The van der Waals surface area contributed by atoms with Crippen molar-refractivity contribution in [1.29, 1.82) is 0 Å². The summed E-state index contributed by atoms with van der Waals surface area (Å²) < 4.78 is 6.58. The number of rotatable bonds is 4. The van der Waals surface area contributed by atoms with Crippen LogP contribution in [0.2, 0.25) is 0 Å². The summed E-state index contributed by atoms with van der Waals surface area (Å²) in [6.45, 7) is 4.58. The maximum atomic E-state index is 6.58. The standard InChI is InChI=1S/C21H29N3OS/c1-13-6-7-17-19(24(13)2)9-8-16(20(17)25-15-4-3-5-15)18-12-26-21(23-18)14-10-22-11-14/h8-9,12-15,21-23H,3-7,10-11H2,1-2H3. The fourth-order valence-electron chi connectivity index (χ4n) is 4.23. The molecule has 4 aliphatic rings. The molecular formula is C21H29N3OS. The number of fused-ring (bicyclic) bond motifs is 1. The molecule has 0 spiro atoms. The van der Waals surface area contributed by atoms with E-state index in [4.69, 9.17) is 4.74 Å². The minimum absolute atomic E-state index is 0.409. The van der Waals surface area contributed by atoms with Crippen molar-refractivity contribution in [3.63, 3.8) is 0 Å². The molecule has 0 aromatic heterocycles. The molecule has 0 amide bonds. The van der Waals surface area contributed by atoms with Crippen LogP contribution in [0.1, 0.15) is 43.7 Å². The molecule has 0 bridgehead atoms. The van der Waals surface area contributed by atoms with Gasteiger partial charge in [0.2, 0.25) is 0 Å². The summed E-state index contributed by atoms with van der Waals surface area (Å²) in [6.07, 6.45) is 6.43. The van der Waals surface area contributed by atoms with Gasteiger partial charge in [0.1, 0.15) is 5.75 Å². The predicted molar refractivity (Wildman–Crippen MR) is 110 cm³/mol. The number of nitrogens with zero attached hydrogens (tertiary/aromatic N) is 1. The Kier molecular flexibility index (Phi) is 4.32. The second-order valence-electron chi connectivity index (χ2n) is 8.26. The molecule has 1 aliphatic carbocycles. The van der Waals surface area contributed by atoms with E-state index in [1.165, 1.54) is 48.2 Å². The maximum absolute atomic E-state index is 6.58. The third-order valence-electron chi connectivity index (χ3n) is 6.59. The predicted octanol–water partition coefficient (Wildman–Crippen LogP) is 3.57. The molecular weight excluding hydrogens is 342 g/mol. The highest BCUT2D eigenvalue weighted by molar-refractivity contribution is 8.03. The number of hydrogen-bond donors (Lipinski definition) is 2. The Morgan fingerprint density at radius 3 is 2.73 bits per heavy atom. The van der Waals surface area contributed by atoms with Crippen molar-refractivity contribution in [2.45, 2.75) is 56.5 Å². The van der Waals surface area contributed by atoms with Crippen LogP contribution in [0.4, 0.5) is 5.69 Å². The molecule has 1 aromatic rings. The van der Waals surface area contributed by atoms with Gasteiger partial charge in [0.25, 0.3) is 0 Å². The first-order valence-electron chi connectivity index (χ1n) is 10.1. The number of nitrogens with one attached hydrogen (secondary N) is 2. The molecule has 2 fully saturated rings. The van der Waals surface area contributed by atoms with Gasteiger partial charge in [0.05, 0.1) is 17.2 Å². The average Bonchev–Trinajstić information content (AvgIpc) is 3.01. The summed E-state index contributed by atoms with van der Waals surface area (Å²) in [5.74, 6) is 1.88. The van der Waals surface area contributed by atoms with Crippen molar-refractivity contribution in [2.24, 2.45) is 5.92 Å². The zero-order valence-electron chi connectivity index (χ0n) is 15.8. The summed E-state index contributed by atoms with van der Waals surface area (Å²) >= 11 is 1.94. The van der Waals surface area contributed by atoms with Crippen LogP contribution in [0.3, 0.4) is 0 Å². The zero-order chi connectivity index (χ0) is 17.7. The van der Waals surface area contributed by atoms with Crippen LogP contribution in [0, 0.1) is 5.92 Å². The van der Waals surface area contributed by atoms with E-state index in [0.717, 1.165) is 31.2 Å². The SMILES string of the molecule is CC1CCc2c(ccc(C3=CSC(C4CNC4)N3)c2OC2CCC2)N1C. The zero-order valence-corrected chi connectivity index (χ0v) is 16.6. The Bertz CT molecular complexity index is 726. The molecule has 3 aliphatic heterocycles. The van der Waals surface area contributed by atoms with E-state index in [2.05, 4.69) is 47.0 Å². The van der Waals surface area contributed by atoms with Gasteiger partial charge in [-0.15, -0.1) is 11.8 Å². The van der Waals surface area contributed by atoms with Gasteiger partial charge in [-0.3, -0.25) is 0 Å². The van der Waals surface area contributed by atoms with Crippen LogP contribution in [-0.2, 0) is 6.42 Å². The number of benzene rings is 1. The summed E-state index contributed by atoms with van der Waals surface area (Å²) in [6, 6.07) is 5.18. The van der Waals surface area contributed by atoms with Crippen LogP contribution in [-0.4, -0.2) is 37.7 Å². The van der Waals surface area contributed by atoms with Crippen molar-refractivity contribution in [3.05, 3.63) is 28.7 Å². The van der Waals surface area contributed by atoms with Gasteiger partial charge in [-0.2, -0.15) is 0 Å². The topological polar surface area (TPSA) is 36.5 Å². The first-order chi connectivity index (χ1) is 12.7. The summed E-state index contributed by atoms with van der Waals surface area (Å²) in [4.78, 5) is 2.42. The van der Waals surface area contributed by atoms with Crippen molar-refractivity contribution < 1.29 is 4.74 Å². The first-order valence-corrected chi connectivity index (χ1v) is 11.0. The van der Waals surface area contributed by atoms with Crippen LogP contribution in [0.5, 0.6) is 5.75 Å². The number of ether oxygens (including phenoxy) is 1. The van der Waals surface area contributed by atoms with Crippen LogP contribution in [0.15, 0.2) is 17.5 Å². The third-order valence-corrected chi connectivity index (χ3v) is 7.76. The molecule has 4 nitrogen and oxygen atoms in total. The Morgan fingerprint density at radius 1 is 1.19 bits per heavy atom. The number of thioether (sulfide) groups is 1.